The molecule has 2 heterocycles. The van der Waals surface area contributed by atoms with E-state index in [1.165, 1.54) is 20.0 Å². The van der Waals surface area contributed by atoms with Gasteiger partial charge in [0.25, 0.3) is 5.79 Å². The number of cyclic esters (lactones) is 2. The Morgan fingerprint density at radius 3 is 2.48 bits per heavy atom. The van der Waals surface area contributed by atoms with Gasteiger partial charge >= 0.3 is 11.9 Å². The number of ether oxygens (including phenoxy) is 2. The van der Waals surface area contributed by atoms with E-state index in [0.717, 1.165) is 16.6 Å². The van der Waals surface area contributed by atoms with Gasteiger partial charge in [0, 0.05) is 31.1 Å². The van der Waals surface area contributed by atoms with Gasteiger partial charge in [-0.05, 0) is 19.1 Å². The highest BCUT2D eigenvalue weighted by Crippen LogP contribution is 2.25. The molecule has 1 N–H and O–H groups in total. The highest BCUT2D eigenvalue weighted by Gasteiger charge is 2.38. The van der Waals surface area contributed by atoms with Gasteiger partial charge in [0.2, 0.25) is 0 Å². The quantitative estimate of drug-likeness (QED) is 0.522. The van der Waals surface area contributed by atoms with Crippen molar-refractivity contribution in [3.63, 3.8) is 0 Å². The minimum atomic E-state index is -1.25. The molecule has 0 amide bonds. The van der Waals surface area contributed by atoms with E-state index in [4.69, 9.17) is 9.47 Å². The van der Waals surface area contributed by atoms with E-state index >= 15 is 0 Å². The van der Waals surface area contributed by atoms with Crippen molar-refractivity contribution < 1.29 is 19.1 Å². The first kappa shape index (κ1) is 15.0. The second kappa shape index (κ2) is 5.39. The van der Waals surface area contributed by atoms with E-state index in [0.29, 0.717) is 5.69 Å². The fourth-order valence-electron chi connectivity index (χ4n) is 2.29. The lowest BCUT2D eigenvalue weighted by molar-refractivity contribution is -0.222. The molecular formula is C17H16N2O4. The number of fused-ring (bicyclic) bond motifs is 1. The molecule has 0 bridgehead atoms. The number of nitrogens with one attached hydrogen (secondary N) is 1. The molecule has 2 aromatic rings. The van der Waals surface area contributed by atoms with E-state index in [9.17, 15) is 9.59 Å². The van der Waals surface area contributed by atoms with Crippen molar-refractivity contribution in [2.45, 2.75) is 26.6 Å². The summed E-state index contributed by atoms with van der Waals surface area (Å²) in [6.07, 6.45) is 1.29. The third kappa shape index (κ3) is 3.01. The number of esters is 2. The van der Waals surface area contributed by atoms with Crippen LogP contribution in [0.15, 0.2) is 42.1 Å². The van der Waals surface area contributed by atoms with Crippen LogP contribution < -0.4 is 5.32 Å². The standard InChI is InChI=1S/C17H16N2O4/c1-10-7-8-11-5-4-6-13(14(11)19-10)18-9-12-15(20)22-17(2,3)23-16(12)21/h4-9,18H,1-3H3. The Bertz CT molecular complexity index is 818. The number of nitrogens with zero attached hydrogens (tertiary/aromatic N) is 1. The minimum Gasteiger partial charge on any atom is -0.419 e. The van der Waals surface area contributed by atoms with Gasteiger partial charge in [0.1, 0.15) is 0 Å². The van der Waals surface area contributed by atoms with Crippen LogP contribution in [-0.2, 0) is 19.1 Å². The van der Waals surface area contributed by atoms with Gasteiger partial charge in [0.15, 0.2) is 5.57 Å². The fraction of sp³-hybridized carbons (Fsp3) is 0.235. The summed E-state index contributed by atoms with van der Waals surface area (Å²) in [4.78, 5) is 28.3. The van der Waals surface area contributed by atoms with Gasteiger partial charge in [-0.25, -0.2) is 9.59 Å². The molecule has 0 saturated carbocycles. The molecule has 0 radical (unpaired) electrons. The van der Waals surface area contributed by atoms with E-state index < -0.39 is 17.7 Å². The molecule has 1 fully saturated rings. The number of benzene rings is 1. The highest BCUT2D eigenvalue weighted by atomic mass is 16.7. The smallest absolute Gasteiger partial charge is 0.350 e. The number of aromatic nitrogens is 1. The second-order valence-electron chi connectivity index (χ2n) is 5.71. The van der Waals surface area contributed by atoms with Crippen molar-refractivity contribution in [3.05, 3.63) is 47.8 Å². The Kier molecular flexibility index (Phi) is 3.52. The number of carbonyl (C=O) groups excluding carboxylic acids is 2. The normalized spacial score (nSPS) is 16.7. The fourth-order valence-corrected chi connectivity index (χ4v) is 2.29. The molecule has 1 saturated heterocycles. The highest BCUT2D eigenvalue weighted by molar-refractivity contribution is 6.15. The SMILES string of the molecule is Cc1ccc2cccc(NC=C3C(=O)OC(C)(C)OC3=O)c2n1. The lowest BCUT2D eigenvalue weighted by Crippen LogP contribution is -2.42. The zero-order valence-electron chi connectivity index (χ0n) is 13.0. The lowest BCUT2D eigenvalue weighted by Gasteiger charge is -2.29. The van der Waals surface area contributed by atoms with Crippen LogP contribution in [0.1, 0.15) is 19.5 Å². The second-order valence-corrected chi connectivity index (χ2v) is 5.71. The van der Waals surface area contributed by atoms with Gasteiger partial charge in [-0.15, -0.1) is 0 Å². The number of carbonyl (C=O) groups is 2. The largest absolute Gasteiger partial charge is 0.419 e. The minimum absolute atomic E-state index is 0.186. The van der Waals surface area contributed by atoms with Crippen LogP contribution in [0.2, 0.25) is 0 Å². The molecule has 1 aromatic carbocycles. The summed E-state index contributed by atoms with van der Waals surface area (Å²) < 4.78 is 10.1. The topological polar surface area (TPSA) is 77.5 Å². The van der Waals surface area contributed by atoms with Crippen LogP contribution in [0, 0.1) is 6.92 Å². The molecule has 118 valence electrons. The summed E-state index contributed by atoms with van der Waals surface area (Å²) in [7, 11) is 0. The van der Waals surface area contributed by atoms with E-state index in [2.05, 4.69) is 10.3 Å². The molecule has 1 aliphatic rings. The molecule has 1 aromatic heterocycles. The molecule has 0 spiro atoms. The Morgan fingerprint density at radius 1 is 1.09 bits per heavy atom. The van der Waals surface area contributed by atoms with E-state index in [-0.39, 0.29) is 5.57 Å². The zero-order valence-corrected chi connectivity index (χ0v) is 13.0. The maximum Gasteiger partial charge on any atom is 0.350 e. The summed E-state index contributed by atoms with van der Waals surface area (Å²) in [5, 5.41) is 3.90. The number of anilines is 1. The van der Waals surface area contributed by atoms with Crippen LogP contribution in [0.3, 0.4) is 0 Å². The van der Waals surface area contributed by atoms with Crippen molar-refractivity contribution >= 4 is 28.5 Å². The number of para-hydroxylation sites is 1. The summed E-state index contributed by atoms with van der Waals surface area (Å²) in [5.74, 6) is -2.69. The third-order valence-corrected chi connectivity index (χ3v) is 3.35. The van der Waals surface area contributed by atoms with Crippen molar-refractivity contribution in [3.8, 4) is 0 Å². The number of hydrogen-bond acceptors (Lipinski definition) is 6. The Morgan fingerprint density at radius 2 is 1.78 bits per heavy atom. The van der Waals surface area contributed by atoms with Gasteiger partial charge < -0.3 is 14.8 Å². The number of hydrogen-bond donors (Lipinski definition) is 1. The average Bonchev–Trinajstić information content (AvgIpc) is 2.45. The molecule has 1 aliphatic heterocycles. The van der Waals surface area contributed by atoms with Gasteiger partial charge in [-0.1, -0.05) is 18.2 Å². The Hall–Kier alpha value is -2.89. The van der Waals surface area contributed by atoms with Crippen molar-refractivity contribution in [1.29, 1.82) is 0 Å². The van der Waals surface area contributed by atoms with Crippen LogP contribution >= 0.6 is 0 Å². The summed E-state index contributed by atoms with van der Waals surface area (Å²) in [6.45, 7) is 4.90. The first-order valence-electron chi connectivity index (χ1n) is 7.15. The number of rotatable bonds is 2. The molecule has 6 nitrogen and oxygen atoms in total. The molecule has 23 heavy (non-hydrogen) atoms. The molecule has 3 rings (SSSR count). The molecule has 0 aliphatic carbocycles. The first-order valence-corrected chi connectivity index (χ1v) is 7.15. The van der Waals surface area contributed by atoms with Crippen LogP contribution in [0.4, 0.5) is 5.69 Å². The molecule has 0 unspecified atom stereocenters. The van der Waals surface area contributed by atoms with Gasteiger partial charge in [-0.2, -0.15) is 0 Å². The summed E-state index contributed by atoms with van der Waals surface area (Å²) in [5.41, 5.74) is 2.12. The van der Waals surface area contributed by atoms with Crippen LogP contribution in [0.25, 0.3) is 10.9 Å². The van der Waals surface area contributed by atoms with Gasteiger partial charge in [0.05, 0.1) is 11.2 Å². The summed E-state index contributed by atoms with van der Waals surface area (Å²) >= 11 is 0. The third-order valence-electron chi connectivity index (χ3n) is 3.35. The van der Waals surface area contributed by atoms with Crippen molar-refractivity contribution in [2.75, 3.05) is 5.32 Å². The number of aryl methyl sites for hydroxylation is 1. The molecular weight excluding hydrogens is 296 g/mol. The maximum absolute atomic E-state index is 11.9. The lowest BCUT2D eigenvalue weighted by atomic mass is 10.1. The predicted octanol–water partition coefficient (Wildman–Crippen LogP) is 2.68. The monoisotopic (exact) mass is 312 g/mol. The Labute approximate surface area is 133 Å². The van der Waals surface area contributed by atoms with Crippen LogP contribution in [0.5, 0.6) is 0 Å². The molecule has 0 atom stereocenters. The summed E-state index contributed by atoms with van der Waals surface area (Å²) in [6, 6.07) is 9.49. The van der Waals surface area contributed by atoms with Gasteiger partial charge in [-0.3, -0.25) is 4.98 Å². The Balaban J connectivity index is 1.93. The number of pyridine rings is 1. The molecule has 6 heteroatoms. The van der Waals surface area contributed by atoms with Crippen molar-refractivity contribution in [2.24, 2.45) is 0 Å². The maximum atomic E-state index is 11.9. The zero-order chi connectivity index (χ0) is 16.6. The van der Waals surface area contributed by atoms with E-state index in [1.807, 2.05) is 37.3 Å². The van der Waals surface area contributed by atoms with E-state index in [1.54, 1.807) is 0 Å². The first-order chi connectivity index (χ1) is 10.9. The average molecular weight is 312 g/mol. The predicted molar refractivity (Wildman–Crippen MR) is 84.4 cm³/mol. The van der Waals surface area contributed by atoms with Crippen molar-refractivity contribution in [1.82, 2.24) is 4.98 Å². The van der Waals surface area contributed by atoms with Crippen LogP contribution in [-0.4, -0.2) is 22.7 Å².